The number of hydrogen-bond donors (Lipinski definition) is 3. The summed E-state index contributed by atoms with van der Waals surface area (Å²) in [5.74, 6) is -1.20. The van der Waals surface area contributed by atoms with Gasteiger partial charge in [-0.25, -0.2) is 13.2 Å². The molecule has 0 saturated carbocycles. The van der Waals surface area contributed by atoms with Gasteiger partial charge < -0.3 is 10.1 Å². The van der Waals surface area contributed by atoms with E-state index in [1.165, 1.54) is 12.3 Å². The lowest BCUT2D eigenvalue weighted by atomic mass is 10.2. The summed E-state index contributed by atoms with van der Waals surface area (Å²) >= 11 is 0. The zero-order valence-electron chi connectivity index (χ0n) is 11.2. The van der Waals surface area contributed by atoms with E-state index in [2.05, 4.69) is 9.71 Å². The molecule has 0 aliphatic heterocycles. The second-order valence-electron chi connectivity index (χ2n) is 4.37. The van der Waals surface area contributed by atoms with Crippen LogP contribution in [0.2, 0.25) is 0 Å². The average Bonchev–Trinajstić information content (AvgIpc) is 2.78. The third-order valence-electron chi connectivity index (χ3n) is 2.78. The minimum Gasteiger partial charge on any atom is -0.478 e. The predicted octanol–water partition coefficient (Wildman–Crippen LogP) is 2.43. The topological polar surface area (TPSA) is 99.3 Å². The summed E-state index contributed by atoms with van der Waals surface area (Å²) in [5.41, 5.74) is 1.03. The molecule has 0 saturated heterocycles. The van der Waals surface area contributed by atoms with Gasteiger partial charge in [0, 0.05) is 11.9 Å². The molecule has 0 aliphatic rings. The molecule has 0 aliphatic carbocycles. The van der Waals surface area contributed by atoms with E-state index < -0.39 is 16.0 Å². The van der Waals surface area contributed by atoms with Crippen LogP contribution >= 0.6 is 0 Å². The average molecular weight is 306 g/mol. The number of benzene rings is 1. The Morgan fingerprint density at radius 3 is 2.57 bits per heavy atom. The highest BCUT2D eigenvalue weighted by molar-refractivity contribution is 7.95. The molecule has 0 radical (unpaired) electrons. The van der Waals surface area contributed by atoms with Gasteiger partial charge in [-0.1, -0.05) is 30.3 Å². The number of nitrogens with one attached hydrogen (secondary N) is 2. The first-order valence-corrected chi connectivity index (χ1v) is 7.61. The largest absolute Gasteiger partial charge is 0.478 e. The minimum absolute atomic E-state index is 0.0118. The van der Waals surface area contributed by atoms with E-state index in [9.17, 15) is 13.2 Å². The van der Waals surface area contributed by atoms with Crippen molar-refractivity contribution >= 4 is 27.8 Å². The molecule has 0 bridgehead atoms. The highest BCUT2D eigenvalue weighted by Gasteiger charge is 2.18. The first kappa shape index (κ1) is 14.9. The molecule has 0 unspecified atom stereocenters. The fourth-order valence-electron chi connectivity index (χ4n) is 1.80. The van der Waals surface area contributed by atoms with Gasteiger partial charge in [-0.2, -0.15) is 0 Å². The van der Waals surface area contributed by atoms with E-state index in [0.717, 1.165) is 11.0 Å². The van der Waals surface area contributed by atoms with Crippen molar-refractivity contribution in [2.75, 3.05) is 4.72 Å². The quantitative estimate of drug-likeness (QED) is 0.790. The third-order valence-corrected chi connectivity index (χ3v) is 3.78. The van der Waals surface area contributed by atoms with E-state index in [-0.39, 0.29) is 11.3 Å². The highest BCUT2D eigenvalue weighted by atomic mass is 32.2. The van der Waals surface area contributed by atoms with Crippen LogP contribution in [0.1, 0.15) is 21.6 Å². The Morgan fingerprint density at radius 1 is 1.29 bits per heavy atom. The Hall–Kier alpha value is -2.54. The first-order chi connectivity index (χ1) is 9.89. The number of hydrogen-bond acceptors (Lipinski definition) is 3. The van der Waals surface area contributed by atoms with Gasteiger partial charge in [0.15, 0.2) is 0 Å². The zero-order chi connectivity index (χ0) is 15.5. The van der Waals surface area contributed by atoms with Crippen LogP contribution in [0.4, 0.5) is 5.69 Å². The van der Waals surface area contributed by atoms with E-state index in [0.29, 0.717) is 5.69 Å². The van der Waals surface area contributed by atoms with Crippen molar-refractivity contribution in [1.29, 1.82) is 0 Å². The maximum absolute atomic E-state index is 12.0. The van der Waals surface area contributed by atoms with Crippen LogP contribution in [0.15, 0.2) is 41.9 Å². The van der Waals surface area contributed by atoms with Crippen LogP contribution in [0.5, 0.6) is 0 Å². The summed E-state index contributed by atoms with van der Waals surface area (Å²) in [4.78, 5) is 13.8. The molecule has 21 heavy (non-hydrogen) atoms. The summed E-state index contributed by atoms with van der Waals surface area (Å²) in [6.07, 6.45) is 2.75. The number of aromatic carboxylic acids is 1. The Kier molecular flexibility index (Phi) is 4.13. The van der Waals surface area contributed by atoms with Crippen molar-refractivity contribution in [3.63, 3.8) is 0 Å². The van der Waals surface area contributed by atoms with E-state index in [1.54, 1.807) is 31.2 Å². The molecule has 7 heteroatoms. The Bertz CT molecular complexity index is 777. The number of carboxylic acid groups (broad SMARTS) is 1. The van der Waals surface area contributed by atoms with Gasteiger partial charge in [-0.3, -0.25) is 4.72 Å². The second kappa shape index (κ2) is 5.84. The zero-order valence-corrected chi connectivity index (χ0v) is 12.0. The SMILES string of the molecule is Cc1[nH]cc(NS(=O)(=O)/C=C/c2ccccc2)c1C(=O)O. The first-order valence-electron chi connectivity index (χ1n) is 6.06. The number of carbonyl (C=O) groups is 1. The number of sulfonamides is 1. The number of rotatable bonds is 5. The molecule has 0 fully saturated rings. The molecule has 3 N–H and O–H groups in total. The molecule has 0 spiro atoms. The number of aromatic amines is 1. The van der Waals surface area contributed by atoms with Crippen LogP contribution in [0.3, 0.4) is 0 Å². The van der Waals surface area contributed by atoms with Gasteiger partial charge in [0.2, 0.25) is 0 Å². The minimum atomic E-state index is -3.79. The third kappa shape index (κ3) is 3.73. The number of aromatic nitrogens is 1. The van der Waals surface area contributed by atoms with Gasteiger partial charge in [-0.05, 0) is 18.6 Å². The fourth-order valence-corrected chi connectivity index (χ4v) is 2.67. The molecule has 6 nitrogen and oxygen atoms in total. The Balaban J connectivity index is 2.23. The summed E-state index contributed by atoms with van der Waals surface area (Å²) in [6, 6.07) is 8.92. The van der Waals surface area contributed by atoms with Gasteiger partial charge in [-0.15, -0.1) is 0 Å². The number of aryl methyl sites for hydroxylation is 1. The molecule has 2 aromatic rings. The summed E-state index contributed by atoms with van der Waals surface area (Å²) in [6.45, 7) is 1.56. The predicted molar refractivity (Wildman–Crippen MR) is 80.5 cm³/mol. The molecular weight excluding hydrogens is 292 g/mol. The van der Waals surface area contributed by atoms with Gasteiger partial charge in [0.05, 0.1) is 11.1 Å². The normalized spacial score (nSPS) is 11.7. The Morgan fingerprint density at radius 2 is 1.95 bits per heavy atom. The smallest absolute Gasteiger partial charge is 0.339 e. The number of anilines is 1. The van der Waals surface area contributed by atoms with Gasteiger partial charge in [0.25, 0.3) is 10.0 Å². The second-order valence-corrected chi connectivity index (χ2v) is 5.93. The van der Waals surface area contributed by atoms with E-state index in [4.69, 9.17) is 5.11 Å². The molecule has 110 valence electrons. The van der Waals surface area contributed by atoms with Crippen LogP contribution in [-0.2, 0) is 10.0 Å². The standard InChI is InChI=1S/C14H14N2O4S/c1-10-13(14(17)18)12(9-15-10)16-21(19,20)8-7-11-5-3-2-4-6-11/h2-9,15-16H,1H3,(H,17,18)/b8-7+. The molecule has 1 aromatic heterocycles. The number of H-pyrrole nitrogens is 1. The van der Waals surface area contributed by atoms with Crippen molar-refractivity contribution in [3.05, 3.63) is 58.8 Å². The van der Waals surface area contributed by atoms with Crippen molar-refractivity contribution in [2.45, 2.75) is 6.92 Å². The van der Waals surface area contributed by atoms with E-state index >= 15 is 0 Å². The molecule has 2 rings (SSSR count). The maximum atomic E-state index is 12.0. The summed E-state index contributed by atoms with van der Waals surface area (Å²) in [7, 11) is -3.79. The molecule has 1 heterocycles. The van der Waals surface area contributed by atoms with Crippen LogP contribution in [-0.4, -0.2) is 24.5 Å². The molecule has 0 atom stereocenters. The fraction of sp³-hybridized carbons (Fsp3) is 0.0714. The lowest BCUT2D eigenvalue weighted by molar-refractivity contribution is 0.0697. The van der Waals surface area contributed by atoms with Crippen LogP contribution in [0.25, 0.3) is 6.08 Å². The van der Waals surface area contributed by atoms with Crippen molar-refractivity contribution in [3.8, 4) is 0 Å². The van der Waals surface area contributed by atoms with Crippen molar-refractivity contribution < 1.29 is 18.3 Å². The lowest BCUT2D eigenvalue weighted by Crippen LogP contribution is -2.11. The summed E-state index contributed by atoms with van der Waals surface area (Å²) < 4.78 is 26.1. The van der Waals surface area contributed by atoms with Gasteiger partial charge in [0.1, 0.15) is 5.56 Å². The van der Waals surface area contributed by atoms with Crippen LogP contribution in [0, 0.1) is 6.92 Å². The van der Waals surface area contributed by atoms with Crippen molar-refractivity contribution in [2.24, 2.45) is 0 Å². The number of carboxylic acids is 1. The monoisotopic (exact) mass is 306 g/mol. The molecular formula is C14H14N2O4S. The highest BCUT2D eigenvalue weighted by Crippen LogP contribution is 2.20. The molecule has 0 amide bonds. The lowest BCUT2D eigenvalue weighted by Gasteiger charge is -2.03. The Labute approximate surface area is 122 Å². The van der Waals surface area contributed by atoms with Crippen molar-refractivity contribution in [1.82, 2.24) is 4.98 Å². The van der Waals surface area contributed by atoms with E-state index in [1.807, 2.05) is 6.07 Å². The maximum Gasteiger partial charge on any atom is 0.339 e. The molecule has 1 aromatic carbocycles. The summed E-state index contributed by atoms with van der Waals surface area (Å²) in [5, 5.41) is 10.1. The van der Waals surface area contributed by atoms with Gasteiger partial charge >= 0.3 is 5.97 Å². The van der Waals surface area contributed by atoms with Crippen LogP contribution < -0.4 is 4.72 Å².